The number of hydrogen-bond acceptors (Lipinski definition) is 3. The average molecular weight is 330 g/mol. The molecule has 0 spiro atoms. The van der Waals surface area contributed by atoms with Crippen LogP contribution in [0.15, 0.2) is 15.9 Å². The molecule has 0 aliphatic rings. The fourth-order valence-corrected chi connectivity index (χ4v) is 4.86. The van der Waals surface area contributed by atoms with Gasteiger partial charge in [-0.15, -0.1) is 22.7 Å². The second-order valence-corrected chi connectivity index (χ2v) is 8.10. The van der Waals surface area contributed by atoms with E-state index in [0.29, 0.717) is 6.04 Å². The minimum absolute atomic E-state index is 0.315. The Kier molecular flexibility index (Phi) is 4.08. The lowest BCUT2D eigenvalue weighted by molar-refractivity contribution is 0.702. The third-order valence-electron chi connectivity index (χ3n) is 3.00. The molecular formula is C13H16BrNS2. The maximum atomic E-state index is 3.57. The minimum atomic E-state index is 0.315. The first-order valence-electron chi connectivity index (χ1n) is 5.53. The van der Waals surface area contributed by atoms with Crippen molar-refractivity contribution < 1.29 is 0 Å². The summed E-state index contributed by atoms with van der Waals surface area (Å²) in [4.78, 5) is 4.18. The second-order valence-electron chi connectivity index (χ2n) is 4.17. The van der Waals surface area contributed by atoms with E-state index in [4.69, 9.17) is 0 Å². The molecule has 1 unspecified atom stereocenters. The van der Waals surface area contributed by atoms with Gasteiger partial charge in [0, 0.05) is 14.6 Å². The van der Waals surface area contributed by atoms with Crippen molar-refractivity contribution in [2.75, 3.05) is 7.05 Å². The summed E-state index contributed by atoms with van der Waals surface area (Å²) in [7, 11) is 2.03. The van der Waals surface area contributed by atoms with Crippen LogP contribution in [0.1, 0.15) is 31.8 Å². The van der Waals surface area contributed by atoms with Gasteiger partial charge in [0.25, 0.3) is 0 Å². The third-order valence-corrected chi connectivity index (χ3v) is 5.78. The van der Waals surface area contributed by atoms with Crippen LogP contribution in [0.25, 0.3) is 0 Å². The Morgan fingerprint density at radius 3 is 2.24 bits per heavy atom. The van der Waals surface area contributed by atoms with E-state index in [2.05, 4.69) is 54.2 Å². The number of aryl methyl sites for hydroxylation is 3. The molecule has 2 heterocycles. The van der Waals surface area contributed by atoms with E-state index in [9.17, 15) is 0 Å². The molecule has 0 radical (unpaired) electrons. The topological polar surface area (TPSA) is 12.0 Å². The van der Waals surface area contributed by atoms with Gasteiger partial charge in [-0.25, -0.2) is 0 Å². The Balaban J connectivity index is 2.43. The Hall–Kier alpha value is -0.160. The van der Waals surface area contributed by atoms with Crippen LogP contribution in [0.4, 0.5) is 0 Å². The van der Waals surface area contributed by atoms with Gasteiger partial charge < -0.3 is 5.32 Å². The van der Waals surface area contributed by atoms with Crippen molar-refractivity contribution in [2.24, 2.45) is 0 Å². The van der Waals surface area contributed by atoms with E-state index in [0.717, 1.165) is 0 Å². The standard InChI is InChI=1S/C13H16BrNS2/c1-7-5-11(16-8(7)2)13(15-4)10-6-12(14)17-9(10)3/h5-6,13,15H,1-4H3. The van der Waals surface area contributed by atoms with Gasteiger partial charge in [0.2, 0.25) is 0 Å². The molecule has 1 atom stereocenters. The quantitative estimate of drug-likeness (QED) is 0.852. The normalized spacial score (nSPS) is 13.0. The smallest absolute Gasteiger partial charge is 0.0704 e. The molecule has 0 saturated heterocycles. The van der Waals surface area contributed by atoms with Gasteiger partial charge in [0.05, 0.1) is 9.83 Å². The molecule has 0 saturated carbocycles. The fourth-order valence-electron chi connectivity index (χ4n) is 1.94. The number of thiophene rings is 2. The highest BCUT2D eigenvalue weighted by Crippen LogP contribution is 2.36. The van der Waals surface area contributed by atoms with Crippen molar-refractivity contribution in [1.29, 1.82) is 0 Å². The largest absolute Gasteiger partial charge is 0.309 e. The van der Waals surface area contributed by atoms with Crippen molar-refractivity contribution in [3.05, 3.63) is 41.7 Å². The maximum Gasteiger partial charge on any atom is 0.0704 e. The van der Waals surface area contributed by atoms with Gasteiger partial charge in [-0.3, -0.25) is 0 Å². The first-order valence-corrected chi connectivity index (χ1v) is 7.95. The van der Waals surface area contributed by atoms with Gasteiger partial charge in [0.15, 0.2) is 0 Å². The summed E-state index contributed by atoms with van der Waals surface area (Å²) in [5, 5.41) is 3.43. The molecule has 0 amide bonds. The second kappa shape index (κ2) is 5.22. The number of rotatable bonds is 3. The first kappa shape index (κ1) is 13.3. The SMILES string of the molecule is CNC(c1cc(C)c(C)s1)c1cc(Br)sc1C. The van der Waals surface area contributed by atoms with E-state index >= 15 is 0 Å². The van der Waals surface area contributed by atoms with Crippen molar-refractivity contribution in [3.63, 3.8) is 0 Å². The molecule has 0 bridgehead atoms. The van der Waals surface area contributed by atoms with E-state index in [-0.39, 0.29) is 0 Å². The van der Waals surface area contributed by atoms with Gasteiger partial charge in [-0.05, 0) is 67.0 Å². The molecule has 2 rings (SSSR count). The number of nitrogens with one attached hydrogen (secondary N) is 1. The summed E-state index contributed by atoms with van der Waals surface area (Å²) >= 11 is 7.25. The predicted octanol–water partition coefficient (Wildman–Crippen LogP) is 4.81. The van der Waals surface area contributed by atoms with Crippen LogP contribution in [0.5, 0.6) is 0 Å². The molecule has 17 heavy (non-hydrogen) atoms. The molecule has 1 nitrogen and oxygen atoms in total. The summed E-state index contributed by atoms with van der Waals surface area (Å²) in [6.07, 6.45) is 0. The molecule has 4 heteroatoms. The maximum absolute atomic E-state index is 3.57. The van der Waals surface area contributed by atoms with E-state index in [1.54, 1.807) is 11.3 Å². The van der Waals surface area contributed by atoms with Crippen molar-refractivity contribution >= 4 is 38.6 Å². The zero-order valence-electron chi connectivity index (χ0n) is 10.4. The Morgan fingerprint density at radius 1 is 1.12 bits per heavy atom. The highest BCUT2D eigenvalue weighted by atomic mass is 79.9. The summed E-state index contributed by atoms with van der Waals surface area (Å²) in [6.45, 7) is 6.55. The van der Waals surface area contributed by atoms with E-state index in [1.807, 2.05) is 18.4 Å². The molecule has 1 N–H and O–H groups in total. The van der Waals surface area contributed by atoms with Crippen LogP contribution >= 0.6 is 38.6 Å². The summed E-state index contributed by atoms with van der Waals surface area (Å²) < 4.78 is 1.20. The molecular weight excluding hydrogens is 314 g/mol. The highest BCUT2D eigenvalue weighted by molar-refractivity contribution is 9.11. The lowest BCUT2D eigenvalue weighted by Gasteiger charge is -2.14. The summed E-state index contributed by atoms with van der Waals surface area (Å²) in [6, 6.07) is 4.84. The lowest BCUT2D eigenvalue weighted by Crippen LogP contribution is -2.16. The summed E-state index contributed by atoms with van der Waals surface area (Å²) in [5.74, 6) is 0. The molecule has 92 valence electrons. The van der Waals surface area contributed by atoms with Crippen LogP contribution in [-0.2, 0) is 0 Å². The zero-order valence-corrected chi connectivity index (χ0v) is 13.6. The van der Waals surface area contributed by atoms with Crippen molar-refractivity contribution in [2.45, 2.75) is 26.8 Å². The molecule has 2 aromatic heterocycles. The van der Waals surface area contributed by atoms with Gasteiger partial charge in [-0.1, -0.05) is 0 Å². The molecule has 0 aliphatic heterocycles. The minimum Gasteiger partial charge on any atom is -0.309 e. The lowest BCUT2D eigenvalue weighted by atomic mass is 10.1. The molecule has 0 fully saturated rings. The number of halogens is 1. The zero-order chi connectivity index (χ0) is 12.6. The van der Waals surface area contributed by atoms with Crippen LogP contribution in [0.2, 0.25) is 0 Å². The van der Waals surface area contributed by atoms with Crippen LogP contribution < -0.4 is 5.32 Å². The first-order chi connectivity index (χ1) is 8.02. The average Bonchev–Trinajstić information content (AvgIpc) is 2.74. The van der Waals surface area contributed by atoms with Crippen molar-refractivity contribution in [3.8, 4) is 0 Å². The Bertz CT molecular complexity index is 508. The third kappa shape index (κ3) is 2.65. The van der Waals surface area contributed by atoms with Crippen LogP contribution in [-0.4, -0.2) is 7.05 Å². The van der Waals surface area contributed by atoms with Crippen LogP contribution in [0, 0.1) is 20.8 Å². The Labute approximate surface area is 119 Å². The molecule has 0 aliphatic carbocycles. The van der Waals surface area contributed by atoms with E-state index in [1.165, 1.54) is 29.5 Å². The van der Waals surface area contributed by atoms with E-state index < -0.39 is 0 Å². The molecule has 2 aromatic rings. The highest BCUT2D eigenvalue weighted by Gasteiger charge is 2.18. The molecule has 0 aromatic carbocycles. The van der Waals surface area contributed by atoms with Gasteiger partial charge in [0.1, 0.15) is 0 Å². The van der Waals surface area contributed by atoms with Gasteiger partial charge in [-0.2, -0.15) is 0 Å². The predicted molar refractivity (Wildman–Crippen MR) is 81.5 cm³/mol. The Morgan fingerprint density at radius 2 is 1.82 bits per heavy atom. The fraction of sp³-hybridized carbons (Fsp3) is 0.385. The van der Waals surface area contributed by atoms with Gasteiger partial charge >= 0.3 is 0 Å². The number of hydrogen-bond donors (Lipinski definition) is 1. The monoisotopic (exact) mass is 329 g/mol. The summed E-state index contributed by atoms with van der Waals surface area (Å²) in [5.41, 5.74) is 2.77. The van der Waals surface area contributed by atoms with Crippen molar-refractivity contribution in [1.82, 2.24) is 5.32 Å². The van der Waals surface area contributed by atoms with Crippen LogP contribution in [0.3, 0.4) is 0 Å².